The van der Waals surface area contributed by atoms with Crippen LogP contribution in [-0.2, 0) is 32.8 Å². The maximum Gasteiger partial charge on any atom is 0.359 e. The van der Waals surface area contributed by atoms with Crippen LogP contribution < -0.4 is 0 Å². The standard InChI is InChI=1S/C48H48N6O5/c1-6-18-41-49-42(33(2)55)43(45(56)58-32-59-46(57)47(3,4)5)53(41)31-34-27-29-35(30-28-34)39-25-16-17-26-40(39)44-50-51-52-54(44)48(36-19-10-7-11-20-36,37-21-12-8-13-22-37)38-23-14-9-15-24-38/h7-17,19-30,33,55H,6,18,31-32H2,1-5H3. The normalized spacial score (nSPS) is 12.2. The number of nitrogens with zero attached hydrogens (tertiary/aromatic N) is 6. The Bertz CT molecular complexity index is 2410. The lowest BCUT2D eigenvalue weighted by atomic mass is 9.77. The van der Waals surface area contributed by atoms with Gasteiger partial charge >= 0.3 is 11.9 Å². The topological polar surface area (TPSA) is 134 Å². The Morgan fingerprint density at radius 3 is 1.80 bits per heavy atom. The first-order valence-corrected chi connectivity index (χ1v) is 19.8. The molecule has 0 aliphatic carbocycles. The first-order chi connectivity index (χ1) is 28.5. The van der Waals surface area contributed by atoms with Crippen molar-refractivity contribution >= 4 is 11.9 Å². The Hall–Kier alpha value is -6.72. The minimum Gasteiger partial charge on any atom is -0.427 e. The summed E-state index contributed by atoms with van der Waals surface area (Å²) in [6, 6.07) is 47.1. The summed E-state index contributed by atoms with van der Waals surface area (Å²) >= 11 is 0. The van der Waals surface area contributed by atoms with Crippen LogP contribution in [-0.4, -0.2) is 53.6 Å². The SMILES string of the molecule is CCCc1nc(C(C)O)c(C(=O)OCOC(=O)C(C)(C)C)n1Cc1ccc(-c2ccccc2-c2nnnn2C(c2ccccc2)(c2ccccc2)c2ccccc2)cc1. The van der Waals surface area contributed by atoms with Crippen molar-refractivity contribution in [2.75, 3.05) is 6.79 Å². The number of carbonyl (C=O) groups excluding carboxylic acids is 2. The van der Waals surface area contributed by atoms with Crippen LogP contribution in [0.4, 0.5) is 0 Å². The Balaban J connectivity index is 1.27. The number of esters is 2. The Labute approximate surface area is 344 Å². The molecule has 0 aliphatic rings. The third-order valence-corrected chi connectivity index (χ3v) is 10.3. The molecule has 0 aliphatic heterocycles. The van der Waals surface area contributed by atoms with Crippen LogP contribution in [0.1, 0.15) is 91.4 Å². The molecule has 1 unspecified atom stereocenters. The van der Waals surface area contributed by atoms with Gasteiger partial charge in [-0.25, -0.2) is 14.5 Å². The molecule has 0 saturated carbocycles. The zero-order valence-electron chi connectivity index (χ0n) is 33.9. The van der Waals surface area contributed by atoms with Gasteiger partial charge in [0.2, 0.25) is 6.79 Å². The number of carbonyl (C=O) groups is 2. The van der Waals surface area contributed by atoms with Gasteiger partial charge in [0, 0.05) is 18.5 Å². The molecule has 59 heavy (non-hydrogen) atoms. The molecule has 11 heteroatoms. The second-order valence-electron chi connectivity index (χ2n) is 15.5. The zero-order valence-corrected chi connectivity index (χ0v) is 33.9. The summed E-state index contributed by atoms with van der Waals surface area (Å²) in [6.07, 6.45) is 0.303. The number of aryl methyl sites for hydroxylation is 1. The van der Waals surface area contributed by atoms with E-state index in [9.17, 15) is 14.7 Å². The number of aliphatic hydroxyl groups excluding tert-OH is 1. The monoisotopic (exact) mass is 788 g/mol. The first kappa shape index (κ1) is 40.5. The lowest BCUT2D eigenvalue weighted by molar-refractivity contribution is -0.161. The van der Waals surface area contributed by atoms with Crippen molar-refractivity contribution in [1.82, 2.24) is 29.8 Å². The van der Waals surface area contributed by atoms with Crippen molar-refractivity contribution in [1.29, 1.82) is 0 Å². The quantitative estimate of drug-likeness (QED) is 0.0652. The molecule has 0 fully saturated rings. The van der Waals surface area contributed by atoms with Crippen LogP contribution in [0.2, 0.25) is 0 Å². The van der Waals surface area contributed by atoms with Gasteiger partial charge in [-0.05, 0) is 77.9 Å². The Kier molecular flexibility index (Phi) is 11.9. The Morgan fingerprint density at radius 1 is 0.729 bits per heavy atom. The van der Waals surface area contributed by atoms with E-state index >= 15 is 0 Å². The molecule has 1 N–H and O–H groups in total. The molecule has 5 aromatic carbocycles. The van der Waals surface area contributed by atoms with Crippen LogP contribution in [0.15, 0.2) is 140 Å². The molecule has 300 valence electrons. The maximum absolute atomic E-state index is 13.6. The highest BCUT2D eigenvalue weighted by molar-refractivity contribution is 5.89. The molecule has 2 aromatic heterocycles. The summed E-state index contributed by atoms with van der Waals surface area (Å²) in [5.41, 5.74) is 5.27. The van der Waals surface area contributed by atoms with Gasteiger partial charge in [0.05, 0.1) is 11.5 Å². The molecule has 0 spiro atoms. The first-order valence-electron chi connectivity index (χ1n) is 19.8. The van der Waals surface area contributed by atoms with Crippen molar-refractivity contribution in [3.63, 3.8) is 0 Å². The number of tetrazole rings is 1. The number of hydrogen-bond donors (Lipinski definition) is 1. The number of imidazole rings is 1. The van der Waals surface area contributed by atoms with Gasteiger partial charge in [0.25, 0.3) is 0 Å². The maximum atomic E-state index is 13.6. The van der Waals surface area contributed by atoms with Crippen molar-refractivity contribution < 1.29 is 24.2 Å². The fourth-order valence-corrected chi connectivity index (χ4v) is 7.42. The molecule has 0 bridgehead atoms. The third-order valence-electron chi connectivity index (χ3n) is 10.3. The molecular formula is C48H48N6O5. The second kappa shape index (κ2) is 17.4. The van der Waals surface area contributed by atoms with Crippen LogP contribution in [0.25, 0.3) is 22.5 Å². The van der Waals surface area contributed by atoms with E-state index in [0.717, 1.165) is 45.4 Å². The van der Waals surface area contributed by atoms with Crippen LogP contribution in [0.5, 0.6) is 0 Å². The molecular weight excluding hydrogens is 741 g/mol. The lowest BCUT2D eigenvalue weighted by Crippen LogP contribution is -2.39. The molecule has 0 radical (unpaired) electrons. The summed E-state index contributed by atoms with van der Waals surface area (Å²) in [5.74, 6) is -0.00603. The molecule has 0 amide bonds. The summed E-state index contributed by atoms with van der Waals surface area (Å²) in [7, 11) is 0. The predicted octanol–water partition coefficient (Wildman–Crippen LogP) is 8.80. The van der Waals surface area contributed by atoms with E-state index in [-0.39, 0.29) is 17.9 Å². The van der Waals surface area contributed by atoms with Gasteiger partial charge in [-0.2, -0.15) is 0 Å². The fourth-order valence-electron chi connectivity index (χ4n) is 7.42. The molecule has 2 heterocycles. The number of ether oxygens (including phenoxy) is 2. The van der Waals surface area contributed by atoms with Crippen molar-refractivity contribution in [3.8, 4) is 22.5 Å². The van der Waals surface area contributed by atoms with Crippen LogP contribution in [0.3, 0.4) is 0 Å². The Morgan fingerprint density at radius 2 is 1.27 bits per heavy atom. The minimum atomic E-state index is -1.04. The summed E-state index contributed by atoms with van der Waals surface area (Å²) in [6.45, 7) is 8.48. The number of benzene rings is 5. The average Bonchev–Trinajstić information content (AvgIpc) is 3.88. The van der Waals surface area contributed by atoms with E-state index in [1.165, 1.54) is 0 Å². The van der Waals surface area contributed by atoms with E-state index in [0.29, 0.717) is 18.1 Å². The van der Waals surface area contributed by atoms with Gasteiger partial charge in [-0.1, -0.05) is 146 Å². The second-order valence-corrected chi connectivity index (χ2v) is 15.5. The van der Waals surface area contributed by atoms with Gasteiger partial charge in [0.1, 0.15) is 17.1 Å². The van der Waals surface area contributed by atoms with E-state index in [1.807, 2.05) is 109 Å². The summed E-state index contributed by atoms with van der Waals surface area (Å²) < 4.78 is 14.3. The highest BCUT2D eigenvalue weighted by Crippen LogP contribution is 2.43. The smallest absolute Gasteiger partial charge is 0.359 e. The average molecular weight is 789 g/mol. The van der Waals surface area contributed by atoms with E-state index in [1.54, 1.807) is 32.3 Å². The van der Waals surface area contributed by atoms with Crippen molar-refractivity contribution in [3.05, 3.63) is 179 Å². The minimum absolute atomic E-state index is 0.121. The van der Waals surface area contributed by atoms with Crippen LogP contribution in [0, 0.1) is 5.41 Å². The fraction of sp³-hybridized carbons (Fsp3) is 0.250. The molecule has 0 saturated heterocycles. The molecule has 7 rings (SSSR count). The summed E-state index contributed by atoms with van der Waals surface area (Å²) in [5, 5.41) is 24.5. The molecule has 1 atom stereocenters. The predicted molar refractivity (Wildman–Crippen MR) is 225 cm³/mol. The van der Waals surface area contributed by atoms with Gasteiger partial charge < -0.3 is 19.1 Å². The van der Waals surface area contributed by atoms with E-state index in [4.69, 9.17) is 19.8 Å². The van der Waals surface area contributed by atoms with Crippen LogP contribution >= 0.6 is 0 Å². The number of aromatic nitrogens is 6. The number of aliphatic hydroxyl groups is 1. The number of rotatable bonds is 14. The highest BCUT2D eigenvalue weighted by Gasteiger charge is 2.42. The third kappa shape index (κ3) is 8.19. The number of hydrogen-bond acceptors (Lipinski definition) is 9. The summed E-state index contributed by atoms with van der Waals surface area (Å²) in [4.78, 5) is 30.6. The van der Waals surface area contributed by atoms with Crippen molar-refractivity contribution in [2.24, 2.45) is 5.41 Å². The largest absolute Gasteiger partial charge is 0.427 e. The van der Waals surface area contributed by atoms with Gasteiger partial charge in [-0.15, -0.1) is 5.10 Å². The van der Waals surface area contributed by atoms with Crippen molar-refractivity contribution in [2.45, 2.75) is 65.6 Å². The zero-order chi connectivity index (χ0) is 41.6. The lowest BCUT2D eigenvalue weighted by Gasteiger charge is -2.36. The highest BCUT2D eigenvalue weighted by atomic mass is 16.7. The van der Waals surface area contributed by atoms with Gasteiger partial charge in [0.15, 0.2) is 11.5 Å². The van der Waals surface area contributed by atoms with Gasteiger partial charge in [-0.3, -0.25) is 4.79 Å². The van der Waals surface area contributed by atoms with E-state index in [2.05, 4.69) is 52.7 Å². The molecule has 11 nitrogen and oxygen atoms in total. The van der Waals surface area contributed by atoms with E-state index < -0.39 is 35.8 Å². The molecule has 7 aromatic rings.